The smallest absolute Gasteiger partial charge is 0.416 e. The van der Waals surface area contributed by atoms with Gasteiger partial charge in [-0.25, -0.2) is 0 Å². The molecule has 0 saturated heterocycles. The second kappa shape index (κ2) is 11.3. The van der Waals surface area contributed by atoms with E-state index in [0.717, 1.165) is 27.0 Å². The first-order valence-electron chi connectivity index (χ1n) is 10.3. The Morgan fingerprint density at radius 1 is 1.11 bits per heavy atom. The highest BCUT2D eigenvalue weighted by molar-refractivity contribution is 9.10. The van der Waals surface area contributed by atoms with Gasteiger partial charge < -0.3 is 9.84 Å². The minimum atomic E-state index is -4.38. The van der Waals surface area contributed by atoms with E-state index >= 15 is 0 Å². The molecule has 0 unspecified atom stereocenters. The standard InChI is InChI=1S/C21H16BrF3N6O3S2/c22-15-7-4-13(12-2-5-14(6-3-12)21(23,24)25)10-16(15)34-8-1-9-35-20-28-27-19(36-20)18-26-30-31(29-18)11-17(32)33/h2-7,10H,1,8-9,11H2,(H,32,33). The van der Waals surface area contributed by atoms with E-state index in [1.165, 1.54) is 35.2 Å². The number of aromatic nitrogens is 6. The van der Waals surface area contributed by atoms with Crippen molar-refractivity contribution in [3.8, 4) is 27.7 Å². The molecule has 0 radical (unpaired) electrons. The van der Waals surface area contributed by atoms with Crippen molar-refractivity contribution >= 4 is 45.0 Å². The Bertz CT molecular complexity index is 1350. The highest BCUT2D eigenvalue weighted by Crippen LogP contribution is 2.34. The van der Waals surface area contributed by atoms with Crippen LogP contribution in [0.1, 0.15) is 12.0 Å². The number of thioether (sulfide) groups is 1. The van der Waals surface area contributed by atoms with Gasteiger partial charge in [-0.15, -0.1) is 20.4 Å². The number of nitrogens with zero attached hydrogens (tertiary/aromatic N) is 6. The third-order valence-electron chi connectivity index (χ3n) is 4.58. The summed E-state index contributed by atoms with van der Waals surface area (Å²) in [6, 6.07) is 10.4. The van der Waals surface area contributed by atoms with E-state index in [2.05, 4.69) is 41.5 Å². The number of hydrogen-bond donors (Lipinski definition) is 1. The fourth-order valence-electron chi connectivity index (χ4n) is 2.92. The summed E-state index contributed by atoms with van der Waals surface area (Å²) in [6.45, 7) is 0.0234. The predicted octanol–water partition coefficient (Wildman–Crippen LogP) is 5.29. The minimum absolute atomic E-state index is 0.210. The minimum Gasteiger partial charge on any atom is -0.492 e. The van der Waals surface area contributed by atoms with Gasteiger partial charge in [-0.05, 0) is 63.0 Å². The van der Waals surface area contributed by atoms with E-state index < -0.39 is 24.3 Å². The summed E-state index contributed by atoms with van der Waals surface area (Å²) < 4.78 is 45.7. The van der Waals surface area contributed by atoms with Crippen LogP contribution in [-0.4, -0.2) is 53.8 Å². The van der Waals surface area contributed by atoms with Crippen LogP contribution < -0.4 is 4.74 Å². The fourth-order valence-corrected chi connectivity index (χ4v) is 5.04. The van der Waals surface area contributed by atoms with Crippen LogP contribution >= 0.6 is 39.0 Å². The maximum absolute atomic E-state index is 12.8. The highest BCUT2D eigenvalue weighted by Gasteiger charge is 2.30. The topological polar surface area (TPSA) is 116 Å². The van der Waals surface area contributed by atoms with Crippen LogP contribution in [0.5, 0.6) is 5.75 Å². The third kappa shape index (κ3) is 6.79. The van der Waals surface area contributed by atoms with Crippen molar-refractivity contribution < 1.29 is 27.8 Å². The van der Waals surface area contributed by atoms with Crippen LogP contribution in [0.2, 0.25) is 0 Å². The molecule has 0 amide bonds. The lowest BCUT2D eigenvalue weighted by Gasteiger charge is -2.11. The summed E-state index contributed by atoms with van der Waals surface area (Å²) >= 11 is 6.19. The van der Waals surface area contributed by atoms with Crippen molar-refractivity contribution in [1.82, 2.24) is 30.4 Å². The number of aliphatic carboxylic acids is 1. The van der Waals surface area contributed by atoms with Gasteiger partial charge in [0.05, 0.1) is 16.6 Å². The maximum atomic E-state index is 12.8. The van der Waals surface area contributed by atoms with E-state index in [-0.39, 0.29) is 5.82 Å². The molecule has 4 aromatic rings. The predicted molar refractivity (Wildman–Crippen MR) is 130 cm³/mol. The molecule has 9 nitrogen and oxygen atoms in total. The average Bonchev–Trinajstić information content (AvgIpc) is 3.49. The summed E-state index contributed by atoms with van der Waals surface area (Å²) in [7, 11) is 0. The van der Waals surface area contributed by atoms with Crippen molar-refractivity contribution in [2.75, 3.05) is 12.4 Å². The number of halogens is 4. The lowest BCUT2D eigenvalue weighted by atomic mass is 10.0. The molecule has 0 atom stereocenters. The molecule has 0 saturated carbocycles. The largest absolute Gasteiger partial charge is 0.492 e. The van der Waals surface area contributed by atoms with Crippen LogP contribution in [-0.2, 0) is 17.5 Å². The van der Waals surface area contributed by atoms with Crippen molar-refractivity contribution in [2.45, 2.75) is 23.5 Å². The van der Waals surface area contributed by atoms with E-state index in [9.17, 15) is 18.0 Å². The van der Waals surface area contributed by atoms with Crippen LogP contribution in [0.25, 0.3) is 22.0 Å². The van der Waals surface area contributed by atoms with Gasteiger partial charge in [0.2, 0.25) is 5.82 Å². The number of alkyl halides is 3. The summed E-state index contributed by atoms with van der Waals surface area (Å²) in [6.07, 6.45) is -3.68. The van der Waals surface area contributed by atoms with Gasteiger partial charge in [0, 0.05) is 5.75 Å². The van der Waals surface area contributed by atoms with Crippen LogP contribution in [0.4, 0.5) is 13.2 Å². The Hall–Kier alpha value is -3.04. The summed E-state index contributed by atoms with van der Waals surface area (Å²) in [5, 5.41) is 28.7. The summed E-state index contributed by atoms with van der Waals surface area (Å²) in [4.78, 5) is 11.7. The molecule has 2 aromatic heterocycles. The molecular weight excluding hydrogens is 585 g/mol. The van der Waals surface area contributed by atoms with E-state index in [1.807, 2.05) is 0 Å². The number of benzene rings is 2. The Kier molecular flexibility index (Phi) is 8.21. The normalized spacial score (nSPS) is 11.6. The zero-order chi connectivity index (χ0) is 25.7. The molecule has 15 heteroatoms. The van der Waals surface area contributed by atoms with Crippen LogP contribution in [0.3, 0.4) is 0 Å². The second-order valence-electron chi connectivity index (χ2n) is 7.18. The van der Waals surface area contributed by atoms with Crippen LogP contribution in [0.15, 0.2) is 51.3 Å². The molecule has 0 aliphatic rings. The molecule has 0 bridgehead atoms. The van der Waals surface area contributed by atoms with Gasteiger partial charge in [0.25, 0.3) is 0 Å². The Morgan fingerprint density at radius 3 is 2.58 bits per heavy atom. The highest BCUT2D eigenvalue weighted by atomic mass is 79.9. The van der Waals surface area contributed by atoms with Crippen molar-refractivity contribution in [2.24, 2.45) is 0 Å². The number of carboxylic acids is 1. The van der Waals surface area contributed by atoms with Gasteiger partial charge in [-0.3, -0.25) is 4.79 Å². The maximum Gasteiger partial charge on any atom is 0.416 e. The van der Waals surface area contributed by atoms with Gasteiger partial charge in [-0.1, -0.05) is 41.3 Å². The molecule has 2 heterocycles. The molecule has 1 N–H and O–H groups in total. The van der Waals surface area contributed by atoms with E-state index in [0.29, 0.717) is 39.4 Å². The van der Waals surface area contributed by atoms with Gasteiger partial charge >= 0.3 is 12.1 Å². The second-order valence-corrected chi connectivity index (χ2v) is 10.4. The average molecular weight is 601 g/mol. The Labute approximate surface area is 218 Å². The molecule has 36 heavy (non-hydrogen) atoms. The zero-order valence-corrected chi connectivity index (χ0v) is 21.4. The number of carboxylic acid groups (broad SMARTS) is 1. The number of carbonyl (C=O) groups is 1. The number of ether oxygens (including phenoxy) is 1. The molecular formula is C21H16BrF3N6O3S2. The van der Waals surface area contributed by atoms with Crippen molar-refractivity contribution in [3.63, 3.8) is 0 Å². The summed E-state index contributed by atoms with van der Waals surface area (Å²) in [5.41, 5.74) is 0.702. The molecule has 0 aliphatic heterocycles. The van der Waals surface area contributed by atoms with Crippen molar-refractivity contribution in [3.05, 3.63) is 52.5 Å². The van der Waals surface area contributed by atoms with Gasteiger partial charge in [0.15, 0.2) is 15.9 Å². The summed E-state index contributed by atoms with van der Waals surface area (Å²) in [5.74, 6) is 0.421. The Morgan fingerprint density at radius 2 is 1.86 bits per heavy atom. The molecule has 2 aromatic carbocycles. The number of tetrazole rings is 1. The van der Waals surface area contributed by atoms with E-state index in [1.54, 1.807) is 18.2 Å². The third-order valence-corrected chi connectivity index (χ3v) is 7.37. The zero-order valence-electron chi connectivity index (χ0n) is 18.1. The first kappa shape index (κ1) is 26.0. The fraction of sp³-hybridized carbons (Fsp3) is 0.238. The van der Waals surface area contributed by atoms with Crippen molar-refractivity contribution in [1.29, 1.82) is 0 Å². The first-order valence-corrected chi connectivity index (χ1v) is 12.8. The Balaban J connectivity index is 1.27. The number of hydrogen-bond acceptors (Lipinski definition) is 9. The van der Waals surface area contributed by atoms with E-state index in [4.69, 9.17) is 9.84 Å². The van der Waals surface area contributed by atoms with Gasteiger partial charge in [0.1, 0.15) is 5.75 Å². The number of rotatable bonds is 10. The molecule has 0 spiro atoms. The quantitative estimate of drug-likeness (QED) is 0.191. The monoisotopic (exact) mass is 600 g/mol. The first-order chi connectivity index (χ1) is 17.2. The lowest BCUT2D eigenvalue weighted by molar-refractivity contribution is -0.138. The van der Waals surface area contributed by atoms with Gasteiger partial charge in [-0.2, -0.15) is 18.0 Å². The molecule has 0 fully saturated rings. The van der Waals surface area contributed by atoms with Crippen LogP contribution in [0, 0.1) is 0 Å². The lowest BCUT2D eigenvalue weighted by Crippen LogP contribution is -2.11. The molecule has 188 valence electrons. The molecule has 4 rings (SSSR count). The molecule has 0 aliphatic carbocycles. The SMILES string of the molecule is O=C(O)Cn1nnc(-c2nnc(SCCCOc3cc(-c4ccc(C(F)(F)F)cc4)ccc3Br)s2)n1.